The summed E-state index contributed by atoms with van der Waals surface area (Å²) >= 11 is 0. The van der Waals surface area contributed by atoms with Crippen LogP contribution in [0.5, 0.6) is 5.75 Å². The molecule has 1 heterocycles. The first kappa shape index (κ1) is 14.0. The van der Waals surface area contributed by atoms with Gasteiger partial charge in [0.05, 0.1) is 6.33 Å². The van der Waals surface area contributed by atoms with Crippen LogP contribution in [0.25, 0.3) is 0 Å². The van der Waals surface area contributed by atoms with Crippen molar-refractivity contribution in [3.8, 4) is 5.75 Å². The lowest BCUT2D eigenvalue weighted by molar-refractivity contribution is 0.0931. The van der Waals surface area contributed by atoms with Gasteiger partial charge in [0.1, 0.15) is 0 Å². The third-order valence-electron chi connectivity index (χ3n) is 3.03. The van der Waals surface area contributed by atoms with Crippen molar-refractivity contribution in [3.63, 3.8) is 0 Å². The van der Waals surface area contributed by atoms with Crippen LogP contribution in [0.15, 0.2) is 36.9 Å². The predicted molar refractivity (Wildman–Crippen MR) is 71.8 cm³/mol. The summed E-state index contributed by atoms with van der Waals surface area (Å²) in [6.45, 7) is 2.57. The van der Waals surface area contributed by atoms with Crippen molar-refractivity contribution in [2.75, 3.05) is 0 Å². The van der Waals surface area contributed by atoms with Crippen molar-refractivity contribution in [1.29, 1.82) is 0 Å². The number of halogens is 1. The fourth-order valence-electron chi connectivity index (χ4n) is 1.85. The van der Waals surface area contributed by atoms with Gasteiger partial charge < -0.3 is 15.0 Å². The lowest BCUT2D eigenvalue weighted by atomic mass is 10.1. The summed E-state index contributed by atoms with van der Waals surface area (Å²) in [7, 11) is 0. The molecule has 1 atom stereocenters. The molecular weight excluding hydrogens is 261 g/mol. The van der Waals surface area contributed by atoms with E-state index in [1.54, 1.807) is 12.5 Å². The maximum absolute atomic E-state index is 13.0. The van der Waals surface area contributed by atoms with Gasteiger partial charge in [0.25, 0.3) is 5.91 Å². The first-order valence-corrected chi connectivity index (χ1v) is 6.35. The van der Waals surface area contributed by atoms with E-state index in [-0.39, 0.29) is 17.5 Å². The van der Waals surface area contributed by atoms with Crippen LogP contribution in [-0.2, 0) is 6.54 Å². The number of phenols is 1. The van der Waals surface area contributed by atoms with Crippen LogP contribution in [-0.4, -0.2) is 26.6 Å². The Morgan fingerprint density at radius 3 is 2.95 bits per heavy atom. The minimum atomic E-state index is -0.744. The summed E-state index contributed by atoms with van der Waals surface area (Å²) in [5, 5.41) is 12.1. The molecule has 0 saturated carbocycles. The van der Waals surface area contributed by atoms with E-state index in [0.29, 0.717) is 6.54 Å². The second kappa shape index (κ2) is 6.18. The maximum atomic E-state index is 13.0. The van der Waals surface area contributed by atoms with Crippen molar-refractivity contribution in [3.05, 3.63) is 48.3 Å². The molecule has 20 heavy (non-hydrogen) atoms. The Balaban J connectivity index is 2.03. The van der Waals surface area contributed by atoms with Crippen LogP contribution in [0.4, 0.5) is 4.39 Å². The summed E-state index contributed by atoms with van der Waals surface area (Å²) in [6, 6.07) is 3.47. The Morgan fingerprint density at radius 2 is 2.35 bits per heavy atom. The van der Waals surface area contributed by atoms with Gasteiger partial charge in [0, 0.05) is 30.5 Å². The fraction of sp³-hybridized carbons (Fsp3) is 0.286. The van der Waals surface area contributed by atoms with Crippen LogP contribution in [0.3, 0.4) is 0 Å². The summed E-state index contributed by atoms with van der Waals surface area (Å²) < 4.78 is 14.8. The number of imidazole rings is 1. The standard InChI is InChI=1S/C14H16FN3O2/c1-2-11(8-18-6-5-16-9-18)17-14(20)10-3-4-12(15)13(19)7-10/h3-7,9,11,19H,2,8H2,1H3,(H,17,20)/t11-/m1/s1. The van der Waals surface area contributed by atoms with E-state index < -0.39 is 11.6 Å². The number of hydrogen-bond donors (Lipinski definition) is 2. The molecule has 0 spiro atoms. The molecule has 6 heteroatoms. The van der Waals surface area contributed by atoms with Gasteiger partial charge in [0.15, 0.2) is 11.6 Å². The molecule has 1 aromatic carbocycles. The van der Waals surface area contributed by atoms with Gasteiger partial charge in [-0.05, 0) is 24.6 Å². The maximum Gasteiger partial charge on any atom is 0.251 e. The van der Waals surface area contributed by atoms with E-state index in [4.69, 9.17) is 0 Å². The van der Waals surface area contributed by atoms with Crippen molar-refractivity contribution >= 4 is 5.91 Å². The van der Waals surface area contributed by atoms with E-state index >= 15 is 0 Å². The molecule has 0 aliphatic rings. The SMILES string of the molecule is CC[C@H](Cn1ccnc1)NC(=O)c1ccc(F)c(O)c1. The number of nitrogens with zero attached hydrogens (tertiary/aromatic N) is 2. The summed E-state index contributed by atoms with van der Waals surface area (Å²) in [5.41, 5.74) is 0.230. The first-order valence-electron chi connectivity index (χ1n) is 6.35. The Labute approximate surface area is 116 Å². The number of benzene rings is 1. The number of carbonyl (C=O) groups excluding carboxylic acids is 1. The average molecular weight is 277 g/mol. The topological polar surface area (TPSA) is 67.2 Å². The fourth-order valence-corrected chi connectivity index (χ4v) is 1.85. The second-order valence-corrected chi connectivity index (χ2v) is 4.50. The molecule has 0 saturated heterocycles. The number of carbonyl (C=O) groups is 1. The van der Waals surface area contributed by atoms with Gasteiger partial charge >= 0.3 is 0 Å². The zero-order valence-electron chi connectivity index (χ0n) is 11.1. The molecule has 0 unspecified atom stereocenters. The minimum Gasteiger partial charge on any atom is -0.505 e. The van der Waals surface area contributed by atoms with Crippen molar-refractivity contribution in [1.82, 2.24) is 14.9 Å². The smallest absolute Gasteiger partial charge is 0.251 e. The summed E-state index contributed by atoms with van der Waals surface area (Å²) in [5.74, 6) is -1.61. The largest absolute Gasteiger partial charge is 0.505 e. The highest BCUT2D eigenvalue weighted by Crippen LogP contribution is 2.16. The molecule has 2 N–H and O–H groups in total. The van der Waals surface area contributed by atoms with Gasteiger partial charge in [-0.15, -0.1) is 0 Å². The van der Waals surface area contributed by atoms with Crippen LogP contribution < -0.4 is 5.32 Å². The van der Waals surface area contributed by atoms with Gasteiger partial charge in [-0.1, -0.05) is 6.92 Å². The van der Waals surface area contributed by atoms with E-state index in [0.717, 1.165) is 18.6 Å². The quantitative estimate of drug-likeness (QED) is 0.877. The van der Waals surface area contributed by atoms with Gasteiger partial charge in [-0.25, -0.2) is 9.37 Å². The Bertz CT molecular complexity index is 584. The minimum absolute atomic E-state index is 0.0658. The van der Waals surface area contributed by atoms with E-state index in [1.165, 1.54) is 6.07 Å². The molecule has 2 rings (SSSR count). The molecule has 0 radical (unpaired) electrons. The molecule has 0 fully saturated rings. The molecule has 1 amide bonds. The van der Waals surface area contributed by atoms with E-state index in [9.17, 15) is 14.3 Å². The molecule has 106 valence electrons. The van der Waals surface area contributed by atoms with Gasteiger partial charge in [-0.2, -0.15) is 0 Å². The number of aromatic hydroxyl groups is 1. The van der Waals surface area contributed by atoms with Crippen molar-refractivity contribution in [2.45, 2.75) is 25.9 Å². The van der Waals surface area contributed by atoms with Crippen LogP contribution >= 0.6 is 0 Å². The number of nitrogens with one attached hydrogen (secondary N) is 1. The number of hydrogen-bond acceptors (Lipinski definition) is 3. The highest BCUT2D eigenvalue weighted by molar-refractivity contribution is 5.94. The lowest BCUT2D eigenvalue weighted by Gasteiger charge is -2.17. The molecule has 5 nitrogen and oxygen atoms in total. The molecule has 0 aliphatic heterocycles. The second-order valence-electron chi connectivity index (χ2n) is 4.50. The Morgan fingerprint density at radius 1 is 1.55 bits per heavy atom. The predicted octanol–water partition coefficient (Wildman–Crippen LogP) is 1.94. The molecule has 0 bridgehead atoms. The molecule has 1 aromatic heterocycles. The molecular formula is C14H16FN3O2. The average Bonchev–Trinajstić information content (AvgIpc) is 2.93. The Kier molecular flexibility index (Phi) is 4.34. The zero-order chi connectivity index (χ0) is 14.5. The number of aromatic nitrogens is 2. The number of phenolic OH excluding ortho intramolecular Hbond substituents is 1. The normalized spacial score (nSPS) is 12.1. The van der Waals surface area contributed by atoms with Crippen LogP contribution in [0.2, 0.25) is 0 Å². The van der Waals surface area contributed by atoms with Crippen molar-refractivity contribution in [2.24, 2.45) is 0 Å². The monoisotopic (exact) mass is 277 g/mol. The Hall–Kier alpha value is -2.37. The van der Waals surface area contributed by atoms with Crippen LogP contribution in [0, 0.1) is 5.82 Å². The summed E-state index contributed by atoms with van der Waals surface area (Å²) in [4.78, 5) is 16.0. The molecule has 0 aliphatic carbocycles. The third kappa shape index (κ3) is 3.34. The first-order chi connectivity index (χ1) is 9.60. The number of amides is 1. The number of rotatable bonds is 5. The van der Waals surface area contributed by atoms with Gasteiger partial charge in [-0.3, -0.25) is 4.79 Å². The van der Waals surface area contributed by atoms with E-state index in [2.05, 4.69) is 10.3 Å². The highest BCUT2D eigenvalue weighted by Gasteiger charge is 2.14. The third-order valence-corrected chi connectivity index (χ3v) is 3.03. The molecule has 2 aromatic rings. The zero-order valence-corrected chi connectivity index (χ0v) is 11.1. The van der Waals surface area contributed by atoms with Gasteiger partial charge in [0.2, 0.25) is 0 Å². The summed E-state index contributed by atoms with van der Waals surface area (Å²) in [6.07, 6.45) is 5.92. The lowest BCUT2D eigenvalue weighted by Crippen LogP contribution is -2.37. The van der Waals surface area contributed by atoms with Crippen LogP contribution in [0.1, 0.15) is 23.7 Å². The van der Waals surface area contributed by atoms with E-state index in [1.807, 2.05) is 17.7 Å². The highest BCUT2D eigenvalue weighted by atomic mass is 19.1. The van der Waals surface area contributed by atoms with Crippen molar-refractivity contribution < 1.29 is 14.3 Å².